The normalized spacial score (nSPS) is 18.0. The van der Waals surface area contributed by atoms with E-state index in [1.165, 1.54) is 19.2 Å². The molecule has 1 heterocycles. The minimum Gasteiger partial charge on any atom is -0.496 e. The fourth-order valence-electron chi connectivity index (χ4n) is 4.88. The molecule has 0 saturated carbocycles. The van der Waals surface area contributed by atoms with Crippen molar-refractivity contribution >= 4 is 17.5 Å². The predicted octanol–water partition coefficient (Wildman–Crippen LogP) is 6.36. The van der Waals surface area contributed by atoms with Crippen LogP contribution in [-0.2, 0) is 10.2 Å². The Morgan fingerprint density at radius 2 is 1.72 bits per heavy atom. The van der Waals surface area contributed by atoms with Gasteiger partial charge < -0.3 is 15.0 Å². The van der Waals surface area contributed by atoms with Crippen molar-refractivity contribution in [1.82, 2.24) is 4.90 Å². The largest absolute Gasteiger partial charge is 0.496 e. The quantitative estimate of drug-likeness (QED) is 0.454. The van der Waals surface area contributed by atoms with Crippen LogP contribution in [0.1, 0.15) is 61.1 Å². The molecule has 3 aromatic rings. The molecule has 2 amide bonds. The minimum absolute atomic E-state index is 0.0554. The molecule has 3 aromatic carbocycles. The number of nitrogens with zero attached hydrogens (tertiary/aromatic N) is 1. The van der Waals surface area contributed by atoms with Crippen molar-refractivity contribution < 1.29 is 18.7 Å². The van der Waals surface area contributed by atoms with Gasteiger partial charge in [0.15, 0.2) is 0 Å². The summed E-state index contributed by atoms with van der Waals surface area (Å²) in [4.78, 5) is 29.0. The second-order valence-electron chi connectivity index (χ2n) is 10.2. The Hall–Kier alpha value is -3.67. The summed E-state index contributed by atoms with van der Waals surface area (Å²) in [6.07, 6.45) is 1.24. The third kappa shape index (κ3) is 5.27. The monoisotopic (exact) mass is 488 g/mol. The number of nitrogens with one attached hydrogen (secondary N) is 1. The molecule has 2 unspecified atom stereocenters. The van der Waals surface area contributed by atoms with Gasteiger partial charge in [0, 0.05) is 12.2 Å². The molecule has 1 saturated heterocycles. The highest BCUT2D eigenvalue weighted by Crippen LogP contribution is 2.39. The van der Waals surface area contributed by atoms with Gasteiger partial charge >= 0.3 is 0 Å². The average molecular weight is 489 g/mol. The van der Waals surface area contributed by atoms with Gasteiger partial charge in [0.1, 0.15) is 17.1 Å². The summed E-state index contributed by atoms with van der Waals surface area (Å²) in [5.74, 6) is -1.60. The van der Waals surface area contributed by atoms with Crippen LogP contribution in [0.4, 0.5) is 10.1 Å². The molecular formula is C30H33FN2O3. The summed E-state index contributed by atoms with van der Waals surface area (Å²) in [6, 6.07) is 21.1. The molecule has 0 radical (unpaired) electrons. The Kier molecular flexibility index (Phi) is 7.43. The van der Waals surface area contributed by atoms with Crippen molar-refractivity contribution in [1.29, 1.82) is 0 Å². The van der Waals surface area contributed by atoms with Crippen LogP contribution < -0.4 is 10.1 Å². The molecule has 0 aliphatic carbocycles. The van der Waals surface area contributed by atoms with Crippen LogP contribution in [0.3, 0.4) is 0 Å². The summed E-state index contributed by atoms with van der Waals surface area (Å²) >= 11 is 0. The summed E-state index contributed by atoms with van der Waals surface area (Å²) in [5.41, 5.74) is 2.51. The number of hydrogen-bond acceptors (Lipinski definition) is 3. The van der Waals surface area contributed by atoms with E-state index in [9.17, 15) is 14.0 Å². The molecule has 4 rings (SSSR count). The number of anilines is 1. The van der Waals surface area contributed by atoms with Gasteiger partial charge in [-0.3, -0.25) is 9.59 Å². The smallest absolute Gasteiger partial charge is 0.261 e. The van der Waals surface area contributed by atoms with E-state index in [1.54, 1.807) is 11.0 Å². The molecule has 1 aliphatic rings. The highest BCUT2D eigenvalue weighted by Gasteiger charge is 2.41. The zero-order valence-electron chi connectivity index (χ0n) is 21.3. The number of amides is 2. The summed E-state index contributed by atoms with van der Waals surface area (Å²) < 4.78 is 20.1. The van der Waals surface area contributed by atoms with Crippen LogP contribution in [0.25, 0.3) is 0 Å². The van der Waals surface area contributed by atoms with Gasteiger partial charge in [-0.1, -0.05) is 69.3 Å². The van der Waals surface area contributed by atoms with Crippen LogP contribution in [0.5, 0.6) is 5.75 Å². The predicted molar refractivity (Wildman–Crippen MR) is 140 cm³/mol. The van der Waals surface area contributed by atoms with Gasteiger partial charge in [-0.2, -0.15) is 0 Å². The second-order valence-corrected chi connectivity index (χ2v) is 10.2. The standard InChI is InChI=1S/C30H33FN2O3/c1-30(2,3)21-13-8-14-22(19-21)32-28(34)23-15-10-18-33(27(23)20-11-6-5-7-12-20)29(35)26-24(31)16-9-17-25(26)36-4/h5-9,11-14,16-17,19,23,27H,10,15,18H2,1-4H3,(H,32,34). The Bertz CT molecular complexity index is 1240. The zero-order valence-corrected chi connectivity index (χ0v) is 21.3. The summed E-state index contributed by atoms with van der Waals surface area (Å²) in [6.45, 7) is 6.79. The van der Waals surface area contributed by atoms with Crippen LogP contribution in [0.2, 0.25) is 0 Å². The number of ether oxygens (including phenoxy) is 1. The first-order valence-corrected chi connectivity index (χ1v) is 12.3. The number of hydrogen-bond donors (Lipinski definition) is 1. The number of piperidine rings is 1. The third-order valence-electron chi connectivity index (χ3n) is 6.78. The molecule has 1 aliphatic heterocycles. The first-order valence-electron chi connectivity index (χ1n) is 12.3. The molecule has 0 spiro atoms. The van der Waals surface area contributed by atoms with Crippen molar-refractivity contribution in [3.05, 3.63) is 95.3 Å². The van der Waals surface area contributed by atoms with E-state index in [-0.39, 0.29) is 22.6 Å². The van der Waals surface area contributed by atoms with Gasteiger partial charge in [-0.25, -0.2) is 4.39 Å². The van der Waals surface area contributed by atoms with Crippen LogP contribution in [-0.4, -0.2) is 30.4 Å². The molecule has 5 nitrogen and oxygen atoms in total. The number of rotatable bonds is 5. The molecular weight excluding hydrogens is 455 g/mol. The van der Waals surface area contributed by atoms with Gasteiger partial charge in [-0.15, -0.1) is 0 Å². The van der Waals surface area contributed by atoms with Gasteiger partial charge in [-0.05, 0) is 53.6 Å². The van der Waals surface area contributed by atoms with E-state index < -0.39 is 23.7 Å². The fourth-order valence-corrected chi connectivity index (χ4v) is 4.88. The first-order chi connectivity index (χ1) is 17.2. The molecule has 1 N–H and O–H groups in total. The van der Waals surface area contributed by atoms with Gasteiger partial charge in [0.2, 0.25) is 5.91 Å². The van der Waals surface area contributed by atoms with E-state index >= 15 is 0 Å². The van der Waals surface area contributed by atoms with E-state index in [0.717, 1.165) is 16.8 Å². The molecule has 1 fully saturated rings. The number of halogens is 1. The van der Waals surface area contributed by atoms with Crippen LogP contribution >= 0.6 is 0 Å². The highest BCUT2D eigenvalue weighted by atomic mass is 19.1. The summed E-state index contributed by atoms with van der Waals surface area (Å²) in [7, 11) is 1.42. The van der Waals surface area contributed by atoms with Crippen molar-refractivity contribution in [3.8, 4) is 5.75 Å². The maximum Gasteiger partial charge on any atom is 0.261 e. The lowest BCUT2D eigenvalue weighted by Crippen LogP contribution is -2.46. The van der Waals surface area contributed by atoms with Crippen LogP contribution in [0, 0.1) is 11.7 Å². The first kappa shape index (κ1) is 25.4. The Balaban J connectivity index is 1.69. The van der Waals surface area contributed by atoms with E-state index in [1.807, 2.05) is 54.6 Å². The van der Waals surface area contributed by atoms with Crippen LogP contribution in [0.15, 0.2) is 72.8 Å². The molecule has 0 aromatic heterocycles. The lowest BCUT2D eigenvalue weighted by atomic mass is 9.83. The van der Waals surface area contributed by atoms with E-state index in [0.29, 0.717) is 19.4 Å². The average Bonchev–Trinajstić information content (AvgIpc) is 2.87. The van der Waals surface area contributed by atoms with E-state index in [2.05, 4.69) is 26.1 Å². The van der Waals surface area contributed by atoms with Gasteiger partial charge in [0.25, 0.3) is 5.91 Å². The number of carbonyl (C=O) groups excluding carboxylic acids is 2. The minimum atomic E-state index is -0.642. The van der Waals surface area contributed by atoms with Crippen molar-refractivity contribution in [2.24, 2.45) is 5.92 Å². The molecule has 36 heavy (non-hydrogen) atoms. The Morgan fingerprint density at radius 1 is 1.00 bits per heavy atom. The Labute approximate surface area is 212 Å². The lowest BCUT2D eigenvalue weighted by molar-refractivity contribution is -0.123. The number of methoxy groups -OCH3 is 1. The van der Waals surface area contributed by atoms with Gasteiger partial charge in [0.05, 0.1) is 19.1 Å². The number of carbonyl (C=O) groups is 2. The lowest BCUT2D eigenvalue weighted by Gasteiger charge is -2.41. The van der Waals surface area contributed by atoms with Crippen molar-refractivity contribution in [2.75, 3.05) is 19.0 Å². The van der Waals surface area contributed by atoms with E-state index in [4.69, 9.17) is 4.74 Å². The Morgan fingerprint density at radius 3 is 2.42 bits per heavy atom. The SMILES string of the molecule is COc1cccc(F)c1C(=O)N1CCCC(C(=O)Nc2cccc(C(C)(C)C)c2)C1c1ccccc1. The maximum absolute atomic E-state index is 14.8. The maximum atomic E-state index is 14.8. The third-order valence-corrected chi connectivity index (χ3v) is 6.78. The summed E-state index contributed by atoms with van der Waals surface area (Å²) in [5, 5.41) is 3.08. The number of likely N-dealkylation sites (tertiary alicyclic amines) is 1. The zero-order chi connectivity index (χ0) is 25.9. The molecule has 0 bridgehead atoms. The molecule has 6 heteroatoms. The molecule has 188 valence electrons. The van der Waals surface area contributed by atoms with Crippen molar-refractivity contribution in [2.45, 2.75) is 45.1 Å². The number of benzene rings is 3. The molecule has 2 atom stereocenters. The van der Waals surface area contributed by atoms with Crippen molar-refractivity contribution in [3.63, 3.8) is 0 Å². The topological polar surface area (TPSA) is 58.6 Å². The second kappa shape index (κ2) is 10.5. The fraction of sp³-hybridized carbons (Fsp3) is 0.333. The highest BCUT2D eigenvalue weighted by molar-refractivity contribution is 5.99.